The van der Waals surface area contributed by atoms with E-state index in [4.69, 9.17) is 11.6 Å². The van der Waals surface area contributed by atoms with Crippen LogP contribution in [0.1, 0.15) is 49.8 Å². The van der Waals surface area contributed by atoms with Gasteiger partial charge in [-0.1, -0.05) is 37.6 Å². The summed E-state index contributed by atoms with van der Waals surface area (Å²) in [7, 11) is 0. The Hall–Kier alpha value is -2.57. The van der Waals surface area contributed by atoms with E-state index in [1.165, 1.54) is 24.4 Å². The second-order valence-electron chi connectivity index (χ2n) is 8.64. The monoisotopic (exact) mass is 467 g/mol. The molecule has 1 aromatic heterocycles. The number of halogens is 4. The number of anilines is 2. The van der Waals surface area contributed by atoms with Gasteiger partial charge in [0.05, 0.1) is 22.9 Å². The Kier molecular flexibility index (Phi) is 7.16. The number of nitriles is 1. The van der Waals surface area contributed by atoms with Crippen molar-refractivity contribution in [3.63, 3.8) is 0 Å². The quantitative estimate of drug-likeness (QED) is 0.552. The van der Waals surface area contributed by atoms with Crippen molar-refractivity contribution >= 4 is 23.4 Å². The van der Waals surface area contributed by atoms with Gasteiger partial charge in [-0.2, -0.15) is 23.4 Å². The lowest BCUT2D eigenvalue weighted by Gasteiger charge is -2.40. The van der Waals surface area contributed by atoms with Gasteiger partial charge < -0.3 is 15.7 Å². The minimum atomic E-state index is -4.54. The van der Waals surface area contributed by atoms with Gasteiger partial charge in [0, 0.05) is 12.6 Å². The molecule has 1 unspecified atom stereocenters. The van der Waals surface area contributed by atoms with E-state index in [1.54, 1.807) is 0 Å². The molecule has 32 heavy (non-hydrogen) atoms. The molecule has 172 valence electrons. The minimum absolute atomic E-state index is 0.0315. The Bertz CT molecular complexity index is 1010. The number of rotatable bonds is 6. The molecular weight excluding hydrogens is 443 g/mol. The first-order chi connectivity index (χ1) is 15.0. The first-order valence-electron chi connectivity index (χ1n) is 10.3. The Morgan fingerprint density at radius 1 is 1.31 bits per heavy atom. The number of aliphatic hydroxyl groups excluding tert-OH is 1. The van der Waals surface area contributed by atoms with Crippen LogP contribution in [0.25, 0.3) is 0 Å². The fourth-order valence-electron chi connectivity index (χ4n) is 4.00. The fraction of sp³-hybridized carbons (Fsp3) is 0.500. The summed E-state index contributed by atoms with van der Waals surface area (Å²) in [5, 5.41) is 25.4. The van der Waals surface area contributed by atoms with Gasteiger partial charge in [-0.15, -0.1) is 0 Å². The van der Waals surface area contributed by atoms with Crippen molar-refractivity contribution in [1.82, 2.24) is 9.97 Å². The number of hydrogen-bond donors (Lipinski definition) is 3. The number of nitrogens with one attached hydrogen (secondary N) is 2. The van der Waals surface area contributed by atoms with Crippen molar-refractivity contribution in [2.75, 3.05) is 17.2 Å². The summed E-state index contributed by atoms with van der Waals surface area (Å²) in [4.78, 5) is 8.45. The van der Waals surface area contributed by atoms with Crippen molar-refractivity contribution in [2.45, 2.75) is 57.9 Å². The van der Waals surface area contributed by atoms with Crippen LogP contribution in [0.2, 0.25) is 5.02 Å². The van der Waals surface area contributed by atoms with Crippen LogP contribution in [0.5, 0.6) is 0 Å². The van der Waals surface area contributed by atoms with E-state index in [9.17, 15) is 23.5 Å². The molecule has 0 aliphatic heterocycles. The van der Waals surface area contributed by atoms with Crippen LogP contribution in [-0.2, 0) is 12.6 Å². The molecule has 0 bridgehead atoms. The van der Waals surface area contributed by atoms with Gasteiger partial charge in [0.25, 0.3) is 0 Å². The summed E-state index contributed by atoms with van der Waals surface area (Å²) in [6.45, 7) is 4.14. The predicted octanol–water partition coefficient (Wildman–Crippen LogP) is 5.03. The average molecular weight is 468 g/mol. The zero-order valence-electron chi connectivity index (χ0n) is 17.8. The molecule has 3 rings (SSSR count). The van der Waals surface area contributed by atoms with E-state index < -0.39 is 11.7 Å². The molecule has 1 saturated carbocycles. The molecule has 0 amide bonds. The SMILES string of the molecule is CC1(C)CC(Nc2nc(NCCc3cccc(Cl)c3C(F)(F)F)ncc2C#N)CC[C@@H]1O. The van der Waals surface area contributed by atoms with E-state index in [2.05, 4.69) is 20.6 Å². The standard InChI is InChI=1S/C22H25ClF3N5O/c1-21(2)10-15(6-7-17(21)32)30-19-14(11-27)12-29-20(31-19)28-9-8-13-4-3-5-16(23)18(13)22(24,25)26/h3-5,12,15,17,32H,6-10H2,1-2H3,(H2,28,29,30,31)/t15?,17-/m0/s1. The van der Waals surface area contributed by atoms with E-state index in [0.717, 1.165) is 6.42 Å². The maximum absolute atomic E-state index is 13.3. The number of aromatic nitrogens is 2. The van der Waals surface area contributed by atoms with Gasteiger partial charge >= 0.3 is 6.18 Å². The number of hydrogen-bond acceptors (Lipinski definition) is 6. The third-order valence-electron chi connectivity index (χ3n) is 5.77. The molecule has 2 aromatic rings. The third kappa shape index (κ3) is 5.61. The normalized spacial score (nSPS) is 20.4. The van der Waals surface area contributed by atoms with Crippen LogP contribution in [0.3, 0.4) is 0 Å². The van der Waals surface area contributed by atoms with Crippen molar-refractivity contribution in [2.24, 2.45) is 5.41 Å². The smallest absolute Gasteiger partial charge is 0.393 e. The molecular formula is C22H25ClF3N5O. The average Bonchev–Trinajstić information content (AvgIpc) is 2.70. The lowest BCUT2D eigenvalue weighted by molar-refractivity contribution is -0.138. The summed E-state index contributed by atoms with van der Waals surface area (Å²) in [6, 6.07) is 6.17. The van der Waals surface area contributed by atoms with Crippen LogP contribution < -0.4 is 10.6 Å². The van der Waals surface area contributed by atoms with Crippen molar-refractivity contribution in [3.05, 3.63) is 46.1 Å². The summed E-state index contributed by atoms with van der Waals surface area (Å²) in [6.07, 6.45) is -1.40. The highest BCUT2D eigenvalue weighted by Gasteiger charge is 2.36. The van der Waals surface area contributed by atoms with Gasteiger partial charge in [0.1, 0.15) is 17.5 Å². The Balaban J connectivity index is 1.69. The van der Waals surface area contributed by atoms with Crippen LogP contribution in [0, 0.1) is 16.7 Å². The third-order valence-corrected chi connectivity index (χ3v) is 6.09. The highest BCUT2D eigenvalue weighted by Crippen LogP contribution is 2.38. The van der Waals surface area contributed by atoms with Gasteiger partial charge in [0.15, 0.2) is 0 Å². The van der Waals surface area contributed by atoms with Crippen LogP contribution in [0.4, 0.5) is 24.9 Å². The molecule has 0 radical (unpaired) electrons. The lowest BCUT2D eigenvalue weighted by atomic mass is 9.73. The Morgan fingerprint density at radius 3 is 2.72 bits per heavy atom. The van der Waals surface area contributed by atoms with Crippen molar-refractivity contribution in [1.29, 1.82) is 5.26 Å². The zero-order chi connectivity index (χ0) is 23.5. The summed E-state index contributed by atoms with van der Waals surface area (Å²) in [5.74, 6) is 0.568. The molecule has 6 nitrogen and oxygen atoms in total. The van der Waals surface area contributed by atoms with Crippen LogP contribution >= 0.6 is 11.6 Å². The van der Waals surface area contributed by atoms with Gasteiger partial charge in [-0.05, 0) is 42.7 Å². The van der Waals surface area contributed by atoms with Crippen LogP contribution in [0.15, 0.2) is 24.4 Å². The molecule has 0 saturated heterocycles. The van der Waals surface area contributed by atoms with E-state index in [1.807, 2.05) is 19.9 Å². The van der Waals surface area contributed by atoms with Crippen LogP contribution in [-0.4, -0.2) is 33.8 Å². The Labute approximate surface area is 189 Å². The van der Waals surface area contributed by atoms with Gasteiger partial charge in [-0.3, -0.25) is 0 Å². The molecule has 1 aliphatic carbocycles. The zero-order valence-corrected chi connectivity index (χ0v) is 18.6. The molecule has 0 spiro atoms. The lowest BCUT2D eigenvalue weighted by Crippen LogP contribution is -2.41. The topological polar surface area (TPSA) is 93.9 Å². The van der Waals surface area contributed by atoms with E-state index >= 15 is 0 Å². The highest BCUT2D eigenvalue weighted by atomic mass is 35.5. The second kappa shape index (κ2) is 9.51. The molecule has 1 fully saturated rings. The predicted molar refractivity (Wildman–Crippen MR) is 116 cm³/mol. The molecule has 1 aromatic carbocycles. The van der Waals surface area contributed by atoms with E-state index in [-0.39, 0.29) is 52.6 Å². The van der Waals surface area contributed by atoms with Crippen molar-refractivity contribution < 1.29 is 18.3 Å². The van der Waals surface area contributed by atoms with Crippen molar-refractivity contribution in [3.8, 4) is 6.07 Å². The molecule has 3 N–H and O–H groups in total. The number of nitrogens with zero attached hydrogens (tertiary/aromatic N) is 3. The highest BCUT2D eigenvalue weighted by molar-refractivity contribution is 6.31. The number of aliphatic hydroxyl groups is 1. The largest absolute Gasteiger partial charge is 0.418 e. The molecule has 1 heterocycles. The second-order valence-corrected chi connectivity index (χ2v) is 9.05. The maximum atomic E-state index is 13.3. The van der Waals surface area contributed by atoms with E-state index in [0.29, 0.717) is 18.7 Å². The van der Waals surface area contributed by atoms with Gasteiger partial charge in [-0.25, -0.2) is 4.98 Å². The molecule has 1 aliphatic rings. The Morgan fingerprint density at radius 2 is 2.06 bits per heavy atom. The first-order valence-corrected chi connectivity index (χ1v) is 10.7. The fourth-order valence-corrected chi connectivity index (χ4v) is 4.30. The maximum Gasteiger partial charge on any atom is 0.418 e. The number of alkyl halides is 3. The van der Waals surface area contributed by atoms with Gasteiger partial charge in [0.2, 0.25) is 5.95 Å². The summed E-state index contributed by atoms with van der Waals surface area (Å²) >= 11 is 5.77. The molecule has 10 heteroatoms. The minimum Gasteiger partial charge on any atom is -0.393 e. The first kappa shape index (κ1) is 24.1. The summed E-state index contributed by atoms with van der Waals surface area (Å²) in [5.41, 5.74) is -0.751. The summed E-state index contributed by atoms with van der Waals surface area (Å²) < 4.78 is 39.9. The molecule has 2 atom stereocenters. The number of benzene rings is 1.